The van der Waals surface area contributed by atoms with Gasteiger partial charge in [0, 0.05) is 11.9 Å². The number of hydrogen-bond donors (Lipinski definition) is 2. The highest BCUT2D eigenvalue weighted by Gasteiger charge is 2.15. The van der Waals surface area contributed by atoms with E-state index in [1.54, 1.807) is 23.9 Å². The van der Waals surface area contributed by atoms with Crippen LogP contribution in [0.2, 0.25) is 0 Å². The first-order valence-corrected chi connectivity index (χ1v) is 11.5. The zero-order valence-electron chi connectivity index (χ0n) is 14.7. The Morgan fingerprint density at radius 2 is 1.67 bits per heavy atom. The van der Waals surface area contributed by atoms with Crippen molar-refractivity contribution < 1.29 is 14.4 Å². The fraction of sp³-hybridized carbons (Fsp3) is 0.150. The van der Waals surface area contributed by atoms with Crippen LogP contribution in [0.4, 0.5) is 0 Å². The summed E-state index contributed by atoms with van der Waals surface area (Å²) in [6.45, 7) is 0.667. The Labute approximate surface area is 161 Å². The van der Waals surface area contributed by atoms with Gasteiger partial charge in [0.1, 0.15) is 0 Å². The molecule has 2 aromatic heterocycles. The number of aromatic nitrogens is 2. The summed E-state index contributed by atoms with van der Waals surface area (Å²) in [6, 6.07) is 19.8. The van der Waals surface area contributed by atoms with Gasteiger partial charge in [-0.25, -0.2) is 4.98 Å². The monoisotopic (exact) mass is 398 g/mol. The summed E-state index contributed by atoms with van der Waals surface area (Å²) in [5.41, 5.74) is 4.91. The van der Waals surface area contributed by atoms with Crippen molar-refractivity contribution in [1.82, 2.24) is 9.55 Å². The van der Waals surface area contributed by atoms with Crippen LogP contribution in [0.15, 0.2) is 65.7 Å². The average Bonchev–Trinajstić information content (AvgIpc) is 2.95. The first kappa shape index (κ1) is 18.3. The number of pyridine rings is 1. The third-order valence-corrected chi connectivity index (χ3v) is 5.97. The quantitative estimate of drug-likeness (QED) is 0.378. The third-order valence-electron chi connectivity index (χ3n) is 4.55. The molecule has 5 nitrogen and oxygen atoms in total. The van der Waals surface area contributed by atoms with E-state index in [0.717, 1.165) is 32.5 Å². The summed E-state index contributed by atoms with van der Waals surface area (Å²) in [5, 5.41) is 2.12. The van der Waals surface area contributed by atoms with E-state index in [9.17, 15) is 4.57 Å². The fourth-order valence-corrected chi connectivity index (χ4v) is 4.42. The van der Waals surface area contributed by atoms with Gasteiger partial charge >= 0.3 is 7.60 Å². The topological polar surface area (TPSA) is 75.4 Å². The highest BCUT2D eigenvalue weighted by Crippen LogP contribution is 2.39. The van der Waals surface area contributed by atoms with Crippen LogP contribution in [0.1, 0.15) is 11.1 Å². The molecule has 0 aliphatic rings. The van der Waals surface area contributed by atoms with E-state index in [-0.39, 0.29) is 6.16 Å². The van der Waals surface area contributed by atoms with E-state index in [1.807, 2.05) is 36.6 Å². The van der Waals surface area contributed by atoms with Crippen LogP contribution in [0.5, 0.6) is 0 Å². The van der Waals surface area contributed by atoms with Crippen LogP contribution in [0, 0.1) is 0 Å². The lowest BCUT2D eigenvalue weighted by Gasteiger charge is -2.09. The Morgan fingerprint density at radius 3 is 2.37 bits per heavy atom. The normalized spacial score (nSPS) is 12.1. The van der Waals surface area contributed by atoms with E-state index in [1.165, 1.54) is 0 Å². The summed E-state index contributed by atoms with van der Waals surface area (Å²) in [7, 11) is -4.05. The molecule has 0 radical (unpaired) electrons. The Hall–Kier alpha value is -2.11. The minimum Gasteiger partial charge on any atom is -0.335 e. The van der Waals surface area contributed by atoms with Crippen LogP contribution in [0.3, 0.4) is 0 Å². The molecule has 0 atom stereocenters. The molecular weight excluding hydrogens is 379 g/mol. The molecule has 0 aliphatic carbocycles. The molecule has 4 aromatic rings. The molecule has 27 heavy (non-hydrogen) atoms. The maximum absolute atomic E-state index is 11.2. The first-order valence-electron chi connectivity index (χ1n) is 8.49. The Balaban J connectivity index is 1.76. The van der Waals surface area contributed by atoms with Gasteiger partial charge in [-0.3, -0.25) is 4.57 Å². The number of fused-ring (bicyclic) bond motifs is 3. The van der Waals surface area contributed by atoms with Crippen LogP contribution >= 0.6 is 19.4 Å². The molecule has 138 valence electrons. The van der Waals surface area contributed by atoms with E-state index in [2.05, 4.69) is 22.8 Å². The van der Waals surface area contributed by atoms with Gasteiger partial charge in [0.25, 0.3) is 0 Å². The smallest absolute Gasteiger partial charge is 0.329 e. The molecule has 0 unspecified atom stereocenters. The van der Waals surface area contributed by atoms with Crippen molar-refractivity contribution in [3.63, 3.8) is 0 Å². The zero-order chi connectivity index (χ0) is 19.0. The lowest BCUT2D eigenvalue weighted by Crippen LogP contribution is -2.00. The predicted molar refractivity (Wildman–Crippen MR) is 110 cm³/mol. The summed E-state index contributed by atoms with van der Waals surface area (Å²) in [4.78, 5) is 23.0. The van der Waals surface area contributed by atoms with Crippen LogP contribution in [0.25, 0.3) is 21.9 Å². The molecule has 4 rings (SSSR count). The second-order valence-electron chi connectivity index (χ2n) is 6.46. The summed E-state index contributed by atoms with van der Waals surface area (Å²) >= 11 is 1.63. The first-order chi connectivity index (χ1) is 12.9. The Kier molecular flexibility index (Phi) is 4.82. The van der Waals surface area contributed by atoms with Gasteiger partial charge in [0.2, 0.25) is 0 Å². The molecule has 0 fully saturated rings. The summed E-state index contributed by atoms with van der Waals surface area (Å²) in [5.74, 6) is 0. The maximum atomic E-state index is 11.2. The number of rotatable bonds is 5. The van der Waals surface area contributed by atoms with E-state index >= 15 is 0 Å². The molecular formula is C20H19N2O3PS. The van der Waals surface area contributed by atoms with Crippen molar-refractivity contribution in [2.45, 2.75) is 17.7 Å². The molecule has 2 heterocycles. The number of hydrogen-bond acceptors (Lipinski definition) is 3. The van der Waals surface area contributed by atoms with Gasteiger partial charge in [0.05, 0.1) is 27.7 Å². The van der Waals surface area contributed by atoms with Gasteiger partial charge < -0.3 is 14.4 Å². The fourth-order valence-electron chi connectivity index (χ4n) is 3.34. The van der Waals surface area contributed by atoms with Crippen molar-refractivity contribution in [2.75, 3.05) is 6.26 Å². The van der Waals surface area contributed by atoms with Crippen molar-refractivity contribution in [3.05, 3.63) is 71.8 Å². The molecule has 2 aromatic carbocycles. The van der Waals surface area contributed by atoms with E-state index < -0.39 is 7.60 Å². The number of thioether (sulfide) groups is 1. The molecule has 7 heteroatoms. The Morgan fingerprint density at radius 1 is 0.963 bits per heavy atom. The number of nitrogens with zero attached hydrogens (tertiary/aromatic N) is 2. The van der Waals surface area contributed by atoms with Crippen LogP contribution in [-0.4, -0.2) is 25.6 Å². The number of para-hydroxylation sites is 1. The molecule has 0 saturated heterocycles. The van der Waals surface area contributed by atoms with Gasteiger partial charge in [-0.15, -0.1) is 11.8 Å². The van der Waals surface area contributed by atoms with Crippen molar-refractivity contribution in [2.24, 2.45) is 0 Å². The number of benzene rings is 2. The second kappa shape index (κ2) is 7.13. The van der Waals surface area contributed by atoms with Crippen LogP contribution in [-0.2, 0) is 17.3 Å². The molecule has 0 aliphatic heterocycles. The molecule has 0 bridgehead atoms. The lowest BCUT2D eigenvalue weighted by molar-refractivity contribution is 0.371. The second-order valence-corrected chi connectivity index (χ2v) is 8.94. The van der Waals surface area contributed by atoms with Gasteiger partial charge in [-0.05, 0) is 35.6 Å². The Bertz CT molecular complexity index is 1170. The molecule has 0 spiro atoms. The lowest BCUT2D eigenvalue weighted by atomic mass is 10.1. The third kappa shape index (κ3) is 3.80. The van der Waals surface area contributed by atoms with Crippen molar-refractivity contribution >= 4 is 41.3 Å². The van der Waals surface area contributed by atoms with Gasteiger partial charge in [-0.1, -0.05) is 42.5 Å². The summed E-state index contributed by atoms with van der Waals surface area (Å²) < 4.78 is 13.4. The standard InChI is InChI=1S/C20H19N2O3PS/c1-27-19-11-10-18-20(21-19)16-4-2-3-5-17(16)22(18)12-14-6-8-15(9-7-14)13-26(23,24)25/h2-11H,12-13H2,1H3,(H2,23,24,25). The summed E-state index contributed by atoms with van der Waals surface area (Å²) in [6.07, 6.45) is 1.79. The van der Waals surface area contributed by atoms with Crippen LogP contribution < -0.4 is 0 Å². The van der Waals surface area contributed by atoms with Gasteiger partial charge in [0.15, 0.2) is 0 Å². The minimum atomic E-state index is -4.05. The van der Waals surface area contributed by atoms with E-state index in [4.69, 9.17) is 14.8 Å². The molecule has 0 saturated carbocycles. The molecule has 2 N–H and O–H groups in total. The largest absolute Gasteiger partial charge is 0.335 e. The van der Waals surface area contributed by atoms with Crippen molar-refractivity contribution in [3.8, 4) is 0 Å². The molecule has 0 amide bonds. The predicted octanol–water partition coefficient (Wildman–Crippen LogP) is 4.64. The highest BCUT2D eigenvalue weighted by atomic mass is 32.2. The minimum absolute atomic E-state index is 0.232. The van der Waals surface area contributed by atoms with Crippen molar-refractivity contribution in [1.29, 1.82) is 0 Å². The SMILES string of the molecule is CSc1ccc2c(n1)c1ccccc1n2Cc1ccc(CP(=O)(O)O)cc1. The van der Waals surface area contributed by atoms with Gasteiger partial charge in [-0.2, -0.15) is 0 Å². The zero-order valence-corrected chi connectivity index (χ0v) is 16.5. The van der Waals surface area contributed by atoms with E-state index in [0.29, 0.717) is 12.1 Å². The maximum Gasteiger partial charge on any atom is 0.329 e. The highest BCUT2D eigenvalue weighted by molar-refractivity contribution is 7.98. The average molecular weight is 398 g/mol.